The van der Waals surface area contributed by atoms with E-state index in [1.54, 1.807) is 6.92 Å². The van der Waals surface area contributed by atoms with Crippen molar-refractivity contribution < 1.29 is 9.18 Å². The highest BCUT2D eigenvalue weighted by atomic mass is 19.1. The summed E-state index contributed by atoms with van der Waals surface area (Å²) in [7, 11) is 1.49. The van der Waals surface area contributed by atoms with Gasteiger partial charge in [-0.2, -0.15) is 9.49 Å². The predicted octanol–water partition coefficient (Wildman–Crippen LogP) is 5.11. The van der Waals surface area contributed by atoms with Crippen molar-refractivity contribution in [2.24, 2.45) is 7.05 Å². The zero-order valence-corrected chi connectivity index (χ0v) is 15.8. The topological polar surface area (TPSA) is 46.9 Å². The Bertz CT molecular complexity index is 752. The maximum absolute atomic E-state index is 14.2. The van der Waals surface area contributed by atoms with E-state index >= 15 is 0 Å². The van der Waals surface area contributed by atoms with Crippen LogP contribution in [0.2, 0.25) is 0 Å². The lowest BCUT2D eigenvalue weighted by Crippen LogP contribution is -2.17. The average molecular weight is 345 g/mol. The lowest BCUT2D eigenvalue weighted by molar-refractivity contribution is 0.102. The van der Waals surface area contributed by atoms with Gasteiger partial charge in [-0.1, -0.05) is 51.3 Å². The Kier molecular flexibility index (Phi) is 6.34. The molecular formula is C20H28FN3O. The normalized spacial score (nSPS) is 12.2. The third-order valence-corrected chi connectivity index (χ3v) is 4.69. The molecule has 1 amide bonds. The van der Waals surface area contributed by atoms with Crippen molar-refractivity contribution in [3.8, 4) is 0 Å². The first kappa shape index (κ1) is 19.2. The largest absolute Gasteiger partial charge is 0.321 e. The number of hydrogen-bond acceptors (Lipinski definition) is 2. The van der Waals surface area contributed by atoms with Crippen molar-refractivity contribution in [1.29, 1.82) is 0 Å². The zero-order valence-electron chi connectivity index (χ0n) is 15.8. The average Bonchev–Trinajstić information content (AvgIpc) is 2.82. The standard InChI is InChI=1S/C20H28FN3O/c1-6-7-8-10-13(2)16-12-9-11-14(3)18(16)22-20(25)17-15(4)23-24(5)19(17)21/h9,11-13H,6-8,10H2,1-5H3,(H,22,25). The second-order valence-electron chi connectivity index (χ2n) is 6.76. The van der Waals surface area contributed by atoms with Gasteiger partial charge in [0.25, 0.3) is 5.91 Å². The smallest absolute Gasteiger partial charge is 0.262 e. The molecule has 0 aliphatic heterocycles. The van der Waals surface area contributed by atoms with E-state index < -0.39 is 11.9 Å². The van der Waals surface area contributed by atoms with Crippen LogP contribution in [-0.4, -0.2) is 15.7 Å². The van der Waals surface area contributed by atoms with E-state index in [9.17, 15) is 9.18 Å². The number of amides is 1. The fourth-order valence-electron chi connectivity index (χ4n) is 3.19. The van der Waals surface area contributed by atoms with E-state index in [4.69, 9.17) is 0 Å². The summed E-state index contributed by atoms with van der Waals surface area (Å²) in [4.78, 5) is 12.7. The molecule has 5 heteroatoms. The van der Waals surface area contributed by atoms with Gasteiger partial charge in [-0.05, 0) is 37.3 Å². The zero-order chi connectivity index (χ0) is 18.6. The molecule has 2 rings (SSSR count). The molecule has 1 aromatic heterocycles. The monoisotopic (exact) mass is 345 g/mol. The number of carbonyl (C=O) groups excluding carboxylic acids is 1. The molecule has 0 radical (unpaired) electrons. The molecule has 4 nitrogen and oxygen atoms in total. The summed E-state index contributed by atoms with van der Waals surface area (Å²) in [6.45, 7) is 7.97. The van der Waals surface area contributed by atoms with Crippen LogP contribution < -0.4 is 5.32 Å². The second kappa shape index (κ2) is 8.28. The van der Waals surface area contributed by atoms with Gasteiger partial charge in [-0.15, -0.1) is 0 Å². The maximum atomic E-state index is 14.2. The van der Waals surface area contributed by atoms with E-state index in [2.05, 4.69) is 24.3 Å². The fraction of sp³-hybridized carbons (Fsp3) is 0.500. The molecule has 25 heavy (non-hydrogen) atoms. The lowest BCUT2D eigenvalue weighted by atomic mass is 9.92. The molecule has 1 unspecified atom stereocenters. The highest BCUT2D eigenvalue weighted by Gasteiger charge is 2.22. The Morgan fingerprint density at radius 2 is 2.04 bits per heavy atom. The molecule has 1 heterocycles. The molecule has 0 aliphatic rings. The molecule has 2 aromatic rings. The van der Waals surface area contributed by atoms with Gasteiger partial charge in [-0.3, -0.25) is 4.79 Å². The van der Waals surface area contributed by atoms with Crippen molar-refractivity contribution in [2.45, 2.75) is 59.3 Å². The van der Waals surface area contributed by atoms with Crippen LogP contribution in [0.3, 0.4) is 0 Å². The summed E-state index contributed by atoms with van der Waals surface area (Å²) < 4.78 is 15.3. The van der Waals surface area contributed by atoms with Crippen molar-refractivity contribution in [2.75, 3.05) is 5.32 Å². The molecule has 0 saturated carbocycles. The third kappa shape index (κ3) is 4.27. The Morgan fingerprint density at radius 1 is 1.32 bits per heavy atom. The highest BCUT2D eigenvalue weighted by molar-refractivity contribution is 6.05. The number of nitrogens with zero attached hydrogens (tertiary/aromatic N) is 2. The number of aromatic nitrogens is 2. The van der Waals surface area contributed by atoms with Crippen LogP contribution in [0.5, 0.6) is 0 Å². The molecule has 0 bridgehead atoms. The molecule has 1 atom stereocenters. The number of anilines is 1. The van der Waals surface area contributed by atoms with Gasteiger partial charge in [-0.25, -0.2) is 4.68 Å². The Morgan fingerprint density at radius 3 is 2.64 bits per heavy atom. The van der Waals surface area contributed by atoms with Crippen LogP contribution in [0.25, 0.3) is 0 Å². The van der Waals surface area contributed by atoms with Crippen molar-refractivity contribution >= 4 is 11.6 Å². The maximum Gasteiger partial charge on any atom is 0.262 e. The van der Waals surface area contributed by atoms with E-state index in [1.807, 2.05) is 25.1 Å². The summed E-state index contributed by atoms with van der Waals surface area (Å²) in [6.07, 6.45) is 4.62. The van der Waals surface area contributed by atoms with Crippen LogP contribution in [0.15, 0.2) is 18.2 Å². The van der Waals surface area contributed by atoms with Crippen LogP contribution in [0, 0.1) is 19.8 Å². The fourth-order valence-corrected chi connectivity index (χ4v) is 3.19. The predicted molar refractivity (Wildman–Crippen MR) is 99.6 cm³/mol. The Hall–Kier alpha value is -2.17. The number of para-hydroxylation sites is 1. The number of aryl methyl sites for hydroxylation is 3. The van der Waals surface area contributed by atoms with Crippen LogP contribution >= 0.6 is 0 Å². The van der Waals surface area contributed by atoms with E-state index in [1.165, 1.54) is 19.9 Å². The summed E-state index contributed by atoms with van der Waals surface area (Å²) in [5.41, 5.74) is 3.28. The van der Waals surface area contributed by atoms with Gasteiger partial charge in [0.1, 0.15) is 5.56 Å². The highest BCUT2D eigenvalue weighted by Crippen LogP contribution is 2.31. The number of hydrogen-bond donors (Lipinski definition) is 1. The third-order valence-electron chi connectivity index (χ3n) is 4.69. The van der Waals surface area contributed by atoms with Gasteiger partial charge >= 0.3 is 0 Å². The molecule has 0 spiro atoms. The van der Waals surface area contributed by atoms with E-state index in [0.29, 0.717) is 11.6 Å². The van der Waals surface area contributed by atoms with Gasteiger partial charge in [0.2, 0.25) is 5.95 Å². The SMILES string of the molecule is CCCCCC(C)c1cccc(C)c1NC(=O)c1c(C)nn(C)c1F. The number of carbonyl (C=O) groups is 1. The van der Waals surface area contributed by atoms with E-state index in [-0.39, 0.29) is 5.56 Å². The minimum atomic E-state index is -0.610. The Labute approximate surface area is 149 Å². The van der Waals surface area contributed by atoms with Gasteiger partial charge < -0.3 is 5.32 Å². The van der Waals surface area contributed by atoms with Crippen LogP contribution in [0.4, 0.5) is 10.1 Å². The molecule has 1 N–H and O–H groups in total. The summed E-state index contributed by atoms with van der Waals surface area (Å²) in [6, 6.07) is 6.02. The minimum absolute atomic E-state index is 0.00957. The Balaban J connectivity index is 2.28. The quantitative estimate of drug-likeness (QED) is 0.709. The number of halogens is 1. The van der Waals surface area contributed by atoms with Crippen LogP contribution in [0.1, 0.15) is 72.6 Å². The molecule has 1 aromatic carbocycles. The summed E-state index contributed by atoms with van der Waals surface area (Å²) >= 11 is 0. The number of rotatable bonds is 7. The summed E-state index contributed by atoms with van der Waals surface area (Å²) in [5.74, 6) is -0.720. The number of unbranched alkanes of at least 4 members (excludes halogenated alkanes) is 2. The van der Waals surface area contributed by atoms with Crippen LogP contribution in [-0.2, 0) is 7.05 Å². The lowest BCUT2D eigenvalue weighted by Gasteiger charge is -2.19. The van der Waals surface area contributed by atoms with Gasteiger partial charge in [0, 0.05) is 12.7 Å². The van der Waals surface area contributed by atoms with E-state index in [0.717, 1.165) is 34.3 Å². The second-order valence-corrected chi connectivity index (χ2v) is 6.76. The van der Waals surface area contributed by atoms with Crippen molar-refractivity contribution in [3.05, 3.63) is 46.5 Å². The van der Waals surface area contributed by atoms with Gasteiger partial charge in [0.05, 0.1) is 5.69 Å². The molecule has 136 valence electrons. The number of nitrogens with one attached hydrogen (secondary N) is 1. The molecule has 0 saturated heterocycles. The number of benzene rings is 1. The first-order valence-corrected chi connectivity index (χ1v) is 8.96. The first-order chi connectivity index (χ1) is 11.9. The molecular weight excluding hydrogens is 317 g/mol. The van der Waals surface area contributed by atoms with Crippen molar-refractivity contribution in [1.82, 2.24) is 9.78 Å². The molecule has 0 fully saturated rings. The minimum Gasteiger partial charge on any atom is -0.321 e. The van der Waals surface area contributed by atoms with Gasteiger partial charge in [0.15, 0.2) is 0 Å². The van der Waals surface area contributed by atoms with Crippen molar-refractivity contribution in [3.63, 3.8) is 0 Å². The molecule has 0 aliphatic carbocycles. The first-order valence-electron chi connectivity index (χ1n) is 8.96. The summed E-state index contributed by atoms with van der Waals surface area (Å²) in [5, 5.41) is 6.91.